The van der Waals surface area contributed by atoms with E-state index < -0.39 is 5.97 Å². The first-order valence-corrected chi connectivity index (χ1v) is 7.18. The molecule has 0 saturated heterocycles. The first-order chi connectivity index (χ1) is 9.81. The van der Waals surface area contributed by atoms with Gasteiger partial charge in [-0.1, -0.05) is 33.8 Å². The normalized spacial score (nSPS) is 11.9. The number of anilines is 1. The van der Waals surface area contributed by atoms with E-state index in [1.807, 2.05) is 18.2 Å². The summed E-state index contributed by atoms with van der Waals surface area (Å²) in [6.07, 6.45) is 0. The maximum atomic E-state index is 11.2. The molecule has 0 bridgehead atoms. The molecule has 0 radical (unpaired) electrons. The fourth-order valence-corrected chi connectivity index (χ4v) is 1.96. The summed E-state index contributed by atoms with van der Waals surface area (Å²) < 4.78 is 0. The molecular formula is C17H22N2O2. The minimum absolute atomic E-state index is 0.166. The number of carboxylic acids is 1. The van der Waals surface area contributed by atoms with Gasteiger partial charge in [0.1, 0.15) is 5.82 Å². The molecule has 0 saturated carbocycles. The molecule has 0 atom stereocenters. The summed E-state index contributed by atoms with van der Waals surface area (Å²) in [6, 6.07) is 8.81. The number of nitrogens with zero attached hydrogens (tertiary/aromatic N) is 1. The predicted molar refractivity (Wildman–Crippen MR) is 85.8 cm³/mol. The van der Waals surface area contributed by atoms with Gasteiger partial charge in [0.25, 0.3) is 0 Å². The van der Waals surface area contributed by atoms with Crippen LogP contribution in [0.3, 0.4) is 0 Å². The summed E-state index contributed by atoms with van der Waals surface area (Å²) >= 11 is 0. The zero-order valence-corrected chi connectivity index (χ0v) is 13.0. The van der Waals surface area contributed by atoms with Gasteiger partial charge >= 0.3 is 5.97 Å². The van der Waals surface area contributed by atoms with Crippen molar-refractivity contribution in [2.45, 2.75) is 27.7 Å². The lowest BCUT2D eigenvalue weighted by molar-refractivity contribution is 0.0699. The highest BCUT2D eigenvalue weighted by atomic mass is 16.4. The summed E-state index contributed by atoms with van der Waals surface area (Å²) in [5, 5.41) is 13.2. The molecule has 0 fully saturated rings. The lowest BCUT2D eigenvalue weighted by Gasteiger charge is -2.29. The van der Waals surface area contributed by atoms with Crippen LogP contribution in [0.1, 0.15) is 38.1 Å². The molecular weight excluding hydrogens is 264 g/mol. The summed E-state index contributed by atoms with van der Waals surface area (Å²) in [5.41, 5.74) is 1.15. The highest BCUT2D eigenvalue weighted by molar-refractivity contribution is 6.02. The molecule has 1 aromatic heterocycles. The van der Waals surface area contributed by atoms with Gasteiger partial charge in [-0.05, 0) is 35.6 Å². The number of pyridine rings is 1. The minimum atomic E-state index is -0.927. The van der Waals surface area contributed by atoms with Gasteiger partial charge in [0.2, 0.25) is 0 Å². The van der Waals surface area contributed by atoms with Crippen molar-refractivity contribution in [1.82, 2.24) is 4.98 Å². The molecule has 0 amide bonds. The van der Waals surface area contributed by atoms with Crippen LogP contribution in [-0.4, -0.2) is 22.6 Å². The first kappa shape index (κ1) is 15.3. The number of aromatic carboxylic acids is 1. The third kappa shape index (κ3) is 3.32. The lowest BCUT2D eigenvalue weighted by Crippen LogP contribution is -2.28. The smallest absolute Gasteiger partial charge is 0.336 e. The third-order valence-corrected chi connectivity index (χ3v) is 4.25. The molecule has 2 rings (SSSR count). The van der Waals surface area contributed by atoms with Crippen LogP contribution in [0, 0.1) is 11.3 Å². The Bertz CT molecular complexity index is 663. The maximum absolute atomic E-state index is 11.2. The minimum Gasteiger partial charge on any atom is -0.478 e. The van der Waals surface area contributed by atoms with Gasteiger partial charge in [-0.2, -0.15) is 0 Å². The van der Waals surface area contributed by atoms with E-state index in [4.69, 9.17) is 0 Å². The summed E-state index contributed by atoms with van der Waals surface area (Å²) in [6.45, 7) is 9.66. The number of hydrogen-bond acceptors (Lipinski definition) is 3. The van der Waals surface area contributed by atoms with Crippen LogP contribution in [0.25, 0.3) is 10.9 Å². The van der Waals surface area contributed by atoms with Crippen molar-refractivity contribution in [2.75, 3.05) is 11.9 Å². The quantitative estimate of drug-likeness (QED) is 0.871. The zero-order valence-electron chi connectivity index (χ0n) is 13.0. The predicted octanol–water partition coefficient (Wildman–Crippen LogP) is 4.03. The molecule has 2 N–H and O–H groups in total. The first-order valence-electron chi connectivity index (χ1n) is 7.18. The molecule has 4 heteroatoms. The number of fused-ring (bicyclic) bond motifs is 1. The van der Waals surface area contributed by atoms with E-state index >= 15 is 0 Å². The largest absolute Gasteiger partial charge is 0.478 e. The van der Waals surface area contributed by atoms with E-state index in [0.29, 0.717) is 16.8 Å². The number of rotatable bonds is 5. The van der Waals surface area contributed by atoms with Crippen molar-refractivity contribution >= 4 is 22.7 Å². The van der Waals surface area contributed by atoms with Gasteiger partial charge in [0.05, 0.1) is 11.1 Å². The Kier molecular flexibility index (Phi) is 4.16. The second-order valence-corrected chi connectivity index (χ2v) is 6.37. The number of hydrogen-bond donors (Lipinski definition) is 2. The Morgan fingerprint density at radius 1 is 1.29 bits per heavy atom. The van der Waals surface area contributed by atoms with Crippen molar-refractivity contribution in [3.05, 3.63) is 35.9 Å². The Hall–Kier alpha value is -2.10. The van der Waals surface area contributed by atoms with Gasteiger partial charge in [0, 0.05) is 11.9 Å². The molecule has 0 aliphatic rings. The zero-order chi connectivity index (χ0) is 15.6. The van der Waals surface area contributed by atoms with Gasteiger partial charge in [-0.25, -0.2) is 9.78 Å². The molecule has 4 nitrogen and oxygen atoms in total. The Labute approximate surface area is 125 Å². The van der Waals surface area contributed by atoms with Crippen molar-refractivity contribution in [1.29, 1.82) is 0 Å². The maximum Gasteiger partial charge on any atom is 0.336 e. The molecule has 1 heterocycles. The number of aromatic nitrogens is 1. The molecule has 1 aromatic carbocycles. The molecule has 112 valence electrons. The fraction of sp³-hybridized carbons (Fsp3) is 0.412. The molecule has 0 aliphatic carbocycles. The van der Waals surface area contributed by atoms with Crippen molar-refractivity contribution in [2.24, 2.45) is 11.3 Å². The highest BCUT2D eigenvalue weighted by Gasteiger charge is 2.22. The summed E-state index contributed by atoms with van der Waals surface area (Å²) in [5.74, 6) is 0.409. The standard InChI is InChI=1S/C17H22N2O2/c1-11(2)17(3,4)10-18-15-9-8-12-13(16(20)21)6-5-7-14(12)19-15/h5-9,11H,10H2,1-4H3,(H,18,19)(H,20,21). The molecule has 2 aromatic rings. The van der Waals surface area contributed by atoms with Crippen LogP contribution < -0.4 is 5.32 Å². The van der Waals surface area contributed by atoms with E-state index in [0.717, 1.165) is 12.4 Å². The Morgan fingerprint density at radius 3 is 2.62 bits per heavy atom. The van der Waals surface area contributed by atoms with Crippen molar-refractivity contribution < 1.29 is 9.90 Å². The van der Waals surface area contributed by atoms with Crippen molar-refractivity contribution in [3.8, 4) is 0 Å². The van der Waals surface area contributed by atoms with Gasteiger partial charge in [-0.15, -0.1) is 0 Å². The number of carbonyl (C=O) groups is 1. The summed E-state index contributed by atoms with van der Waals surface area (Å²) in [4.78, 5) is 15.7. The topological polar surface area (TPSA) is 62.2 Å². The Balaban J connectivity index is 2.26. The van der Waals surface area contributed by atoms with E-state index in [1.54, 1.807) is 12.1 Å². The van der Waals surface area contributed by atoms with E-state index in [2.05, 4.69) is 38.0 Å². The highest BCUT2D eigenvalue weighted by Crippen LogP contribution is 2.26. The van der Waals surface area contributed by atoms with Gasteiger partial charge < -0.3 is 10.4 Å². The second-order valence-electron chi connectivity index (χ2n) is 6.37. The molecule has 0 spiro atoms. The number of nitrogens with one attached hydrogen (secondary N) is 1. The van der Waals surface area contributed by atoms with Crippen LogP contribution in [0.4, 0.5) is 5.82 Å². The second kappa shape index (κ2) is 5.72. The lowest BCUT2D eigenvalue weighted by atomic mass is 9.81. The average Bonchev–Trinajstić information content (AvgIpc) is 2.44. The van der Waals surface area contributed by atoms with Crippen molar-refractivity contribution in [3.63, 3.8) is 0 Å². The number of benzene rings is 1. The van der Waals surface area contributed by atoms with Gasteiger partial charge in [-0.3, -0.25) is 0 Å². The molecule has 0 unspecified atom stereocenters. The van der Waals surface area contributed by atoms with Crippen LogP contribution >= 0.6 is 0 Å². The van der Waals surface area contributed by atoms with E-state index in [-0.39, 0.29) is 11.0 Å². The average molecular weight is 286 g/mol. The van der Waals surface area contributed by atoms with E-state index in [1.165, 1.54) is 0 Å². The molecule has 21 heavy (non-hydrogen) atoms. The van der Waals surface area contributed by atoms with Gasteiger partial charge in [0.15, 0.2) is 0 Å². The van der Waals surface area contributed by atoms with E-state index in [9.17, 15) is 9.90 Å². The Morgan fingerprint density at radius 2 is 2.00 bits per heavy atom. The van der Waals surface area contributed by atoms with Crippen LogP contribution in [0.2, 0.25) is 0 Å². The monoisotopic (exact) mass is 286 g/mol. The van der Waals surface area contributed by atoms with Crippen LogP contribution in [0.5, 0.6) is 0 Å². The summed E-state index contributed by atoms with van der Waals surface area (Å²) in [7, 11) is 0. The molecule has 0 aliphatic heterocycles. The number of carboxylic acid groups (broad SMARTS) is 1. The fourth-order valence-electron chi connectivity index (χ4n) is 1.96. The van der Waals surface area contributed by atoms with Crippen LogP contribution in [0.15, 0.2) is 30.3 Å². The SMILES string of the molecule is CC(C)C(C)(C)CNc1ccc2c(C(=O)O)cccc2n1. The van der Waals surface area contributed by atoms with Crippen LogP contribution in [-0.2, 0) is 0 Å². The third-order valence-electron chi connectivity index (χ3n) is 4.25.